The van der Waals surface area contributed by atoms with Crippen molar-refractivity contribution in [2.75, 3.05) is 5.33 Å². The Morgan fingerprint density at radius 2 is 1.87 bits per heavy atom. The van der Waals surface area contributed by atoms with Crippen LogP contribution in [0.4, 0.5) is 0 Å². The molecule has 0 bridgehead atoms. The standard InChI is InChI=1S/C13H21BrS/c1-5-11-6-7-12(15-11)8-10(9-14)13(2,3)4/h6-7,10H,5,8-9H2,1-4H3. The van der Waals surface area contributed by atoms with Gasteiger partial charge in [-0.1, -0.05) is 43.6 Å². The van der Waals surface area contributed by atoms with E-state index >= 15 is 0 Å². The third kappa shape index (κ3) is 3.92. The normalized spacial score (nSPS) is 14.2. The SMILES string of the molecule is CCc1ccc(CC(CBr)C(C)(C)C)s1. The highest BCUT2D eigenvalue weighted by molar-refractivity contribution is 9.09. The monoisotopic (exact) mass is 288 g/mol. The van der Waals surface area contributed by atoms with Crippen LogP contribution >= 0.6 is 27.3 Å². The van der Waals surface area contributed by atoms with Gasteiger partial charge in [-0.25, -0.2) is 0 Å². The van der Waals surface area contributed by atoms with E-state index in [2.05, 4.69) is 55.8 Å². The first kappa shape index (κ1) is 13.2. The Labute approximate surface area is 106 Å². The molecule has 0 aliphatic rings. The molecular formula is C13H21BrS. The van der Waals surface area contributed by atoms with Gasteiger partial charge in [0.25, 0.3) is 0 Å². The van der Waals surface area contributed by atoms with Gasteiger partial charge in [0.15, 0.2) is 0 Å². The van der Waals surface area contributed by atoms with E-state index in [1.165, 1.54) is 22.6 Å². The lowest BCUT2D eigenvalue weighted by molar-refractivity contribution is 0.268. The Balaban J connectivity index is 2.67. The van der Waals surface area contributed by atoms with Crippen LogP contribution < -0.4 is 0 Å². The molecule has 0 spiro atoms. The fourth-order valence-corrected chi connectivity index (χ4v) is 3.80. The highest BCUT2D eigenvalue weighted by Crippen LogP contribution is 2.32. The predicted molar refractivity (Wildman–Crippen MR) is 74.1 cm³/mol. The molecule has 0 nitrogen and oxygen atoms in total. The summed E-state index contributed by atoms with van der Waals surface area (Å²) in [6, 6.07) is 4.57. The molecular weight excluding hydrogens is 268 g/mol. The molecule has 0 fully saturated rings. The summed E-state index contributed by atoms with van der Waals surface area (Å²) in [4.78, 5) is 3.04. The molecule has 0 aliphatic carbocycles. The molecule has 1 atom stereocenters. The molecule has 0 aliphatic heterocycles. The zero-order chi connectivity index (χ0) is 11.5. The zero-order valence-corrected chi connectivity index (χ0v) is 12.5. The molecule has 1 unspecified atom stereocenters. The highest BCUT2D eigenvalue weighted by atomic mass is 79.9. The molecule has 1 aromatic rings. The quantitative estimate of drug-likeness (QED) is 0.691. The molecule has 0 aromatic carbocycles. The van der Waals surface area contributed by atoms with E-state index in [1.54, 1.807) is 0 Å². The summed E-state index contributed by atoms with van der Waals surface area (Å²) in [7, 11) is 0. The first-order valence-corrected chi connectivity index (χ1v) is 7.54. The van der Waals surface area contributed by atoms with Crippen LogP contribution in [0.3, 0.4) is 0 Å². The van der Waals surface area contributed by atoms with Gasteiger partial charge in [-0.05, 0) is 36.3 Å². The first-order valence-electron chi connectivity index (χ1n) is 5.61. The average molecular weight is 289 g/mol. The molecule has 2 heteroatoms. The van der Waals surface area contributed by atoms with Crippen molar-refractivity contribution >= 4 is 27.3 Å². The molecule has 1 rings (SSSR count). The number of hydrogen-bond acceptors (Lipinski definition) is 1. The van der Waals surface area contributed by atoms with E-state index in [9.17, 15) is 0 Å². The van der Waals surface area contributed by atoms with E-state index in [0.29, 0.717) is 5.41 Å². The number of halogens is 1. The molecule has 0 radical (unpaired) electrons. The maximum atomic E-state index is 3.64. The van der Waals surface area contributed by atoms with Gasteiger partial charge in [-0.2, -0.15) is 0 Å². The van der Waals surface area contributed by atoms with Gasteiger partial charge in [0.2, 0.25) is 0 Å². The lowest BCUT2D eigenvalue weighted by Crippen LogP contribution is -2.23. The average Bonchev–Trinajstić information content (AvgIpc) is 2.59. The maximum Gasteiger partial charge on any atom is 0.00681 e. The first-order chi connectivity index (χ1) is 6.97. The third-order valence-corrected chi connectivity index (χ3v) is 4.96. The largest absolute Gasteiger partial charge is 0.145 e. The van der Waals surface area contributed by atoms with Gasteiger partial charge < -0.3 is 0 Å². The Morgan fingerprint density at radius 1 is 1.27 bits per heavy atom. The van der Waals surface area contributed by atoms with E-state index < -0.39 is 0 Å². The Kier molecular flexibility index (Phi) is 4.85. The van der Waals surface area contributed by atoms with Gasteiger partial charge in [0.1, 0.15) is 0 Å². The number of alkyl halides is 1. The van der Waals surface area contributed by atoms with Crippen LogP contribution in [-0.4, -0.2) is 5.33 Å². The van der Waals surface area contributed by atoms with Gasteiger partial charge in [-0.3, -0.25) is 0 Å². The summed E-state index contributed by atoms with van der Waals surface area (Å²) in [5.74, 6) is 0.723. The summed E-state index contributed by atoms with van der Waals surface area (Å²) >= 11 is 5.61. The zero-order valence-electron chi connectivity index (χ0n) is 10.1. The topological polar surface area (TPSA) is 0 Å². The number of hydrogen-bond donors (Lipinski definition) is 0. The lowest BCUT2D eigenvalue weighted by atomic mass is 9.80. The summed E-state index contributed by atoms with van der Waals surface area (Å²) in [5.41, 5.74) is 0.389. The van der Waals surface area contributed by atoms with Crippen molar-refractivity contribution in [1.82, 2.24) is 0 Å². The summed E-state index contributed by atoms with van der Waals surface area (Å²) in [6.45, 7) is 9.20. The molecule has 0 amide bonds. The van der Waals surface area contributed by atoms with E-state index in [-0.39, 0.29) is 0 Å². The Morgan fingerprint density at radius 3 is 2.27 bits per heavy atom. The van der Waals surface area contributed by atoms with Crippen molar-refractivity contribution in [3.8, 4) is 0 Å². The number of aryl methyl sites for hydroxylation is 1. The fourth-order valence-electron chi connectivity index (χ4n) is 1.56. The maximum absolute atomic E-state index is 3.64. The van der Waals surface area contributed by atoms with Crippen molar-refractivity contribution in [2.45, 2.75) is 40.5 Å². The smallest absolute Gasteiger partial charge is 0.00681 e. The van der Waals surface area contributed by atoms with Crippen LogP contribution in [0.15, 0.2) is 12.1 Å². The van der Waals surface area contributed by atoms with Crippen molar-refractivity contribution < 1.29 is 0 Å². The molecule has 0 saturated carbocycles. The van der Waals surface area contributed by atoms with Gasteiger partial charge in [0, 0.05) is 15.1 Å². The summed E-state index contributed by atoms with van der Waals surface area (Å²) in [6.07, 6.45) is 2.37. The molecule has 15 heavy (non-hydrogen) atoms. The number of rotatable bonds is 4. The Bertz CT molecular complexity index is 296. The lowest BCUT2D eigenvalue weighted by Gasteiger charge is -2.28. The van der Waals surface area contributed by atoms with Crippen LogP contribution in [0.2, 0.25) is 0 Å². The fraction of sp³-hybridized carbons (Fsp3) is 0.692. The third-order valence-electron chi connectivity index (χ3n) is 2.92. The minimum absolute atomic E-state index is 0.389. The predicted octanol–water partition coefficient (Wildman–Crippen LogP) is 4.91. The van der Waals surface area contributed by atoms with Crippen LogP contribution in [0.25, 0.3) is 0 Å². The van der Waals surface area contributed by atoms with Crippen LogP contribution in [0, 0.1) is 11.3 Å². The van der Waals surface area contributed by atoms with Crippen molar-refractivity contribution in [1.29, 1.82) is 0 Å². The minimum Gasteiger partial charge on any atom is -0.145 e. The van der Waals surface area contributed by atoms with Gasteiger partial charge in [0.05, 0.1) is 0 Å². The second-order valence-electron chi connectivity index (χ2n) is 5.14. The molecule has 1 heterocycles. The molecule has 86 valence electrons. The van der Waals surface area contributed by atoms with Crippen LogP contribution in [0.5, 0.6) is 0 Å². The molecule has 0 saturated heterocycles. The molecule has 1 aromatic heterocycles. The van der Waals surface area contributed by atoms with E-state index in [4.69, 9.17) is 0 Å². The second-order valence-corrected chi connectivity index (χ2v) is 7.04. The number of thiophene rings is 1. The van der Waals surface area contributed by atoms with Gasteiger partial charge in [-0.15, -0.1) is 11.3 Å². The summed E-state index contributed by atoms with van der Waals surface area (Å²) in [5, 5.41) is 1.09. The van der Waals surface area contributed by atoms with Crippen molar-refractivity contribution in [2.24, 2.45) is 11.3 Å². The van der Waals surface area contributed by atoms with Crippen molar-refractivity contribution in [3.63, 3.8) is 0 Å². The second kappa shape index (κ2) is 5.49. The molecule has 0 N–H and O–H groups in total. The Hall–Kier alpha value is 0.180. The van der Waals surface area contributed by atoms with E-state index in [0.717, 1.165) is 11.2 Å². The minimum atomic E-state index is 0.389. The van der Waals surface area contributed by atoms with E-state index in [1.807, 2.05) is 11.3 Å². The van der Waals surface area contributed by atoms with Gasteiger partial charge >= 0.3 is 0 Å². The van der Waals surface area contributed by atoms with Crippen LogP contribution in [0.1, 0.15) is 37.4 Å². The van der Waals surface area contributed by atoms with Crippen molar-refractivity contribution in [3.05, 3.63) is 21.9 Å². The van der Waals surface area contributed by atoms with Crippen LogP contribution in [-0.2, 0) is 12.8 Å². The summed E-state index contributed by atoms with van der Waals surface area (Å²) < 4.78 is 0. The highest BCUT2D eigenvalue weighted by Gasteiger charge is 2.24.